The van der Waals surface area contributed by atoms with E-state index < -0.39 is 24.2 Å². The van der Waals surface area contributed by atoms with Crippen LogP contribution in [0.2, 0.25) is 5.02 Å². The van der Waals surface area contributed by atoms with Crippen LogP contribution in [0.3, 0.4) is 0 Å². The highest BCUT2D eigenvalue weighted by Crippen LogP contribution is 2.41. The van der Waals surface area contributed by atoms with E-state index in [1.807, 2.05) is 0 Å². The SMILES string of the molecule is CCC1=NN(C(=O)c2cccc(Cl)c2)[C@](O)(C(F)(F)F)C1. The minimum Gasteiger partial charge on any atom is -0.362 e. The monoisotopic (exact) mass is 320 g/mol. The number of alkyl halides is 3. The predicted octanol–water partition coefficient (Wildman–Crippen LogP) is 3.20. The van der Waals surface area contributed by atoms with E-state index in [9.17, 15) is 23.1 Å². The van der Waals surface area contributed by atoms with E-state index in [-0.39, 0.29) is 27.7 Å². The molecule has 0 spiro atoms. The lowest BCUT2D eigenvalue weighted by molar-refractivity contribution is -0.297. The number of amides is 1. The van der Waals surface area contributed by atoms with E-state index in [1.54, 1.807) is 6.92 Å². The molecule has 0 saturated carbocycles. The standard InChI is InChI=1S/C13H12ClF3N2O2/c1-2-10-7-12(21,13(15,16)17)19(18-10)11(20)8-4-3-5-9(14)6-8/h3-6,21H,2,7H2,1H3/t12-/m1/s1. The third-order valence-electron chi connectivity index (χ3n) is 3.17. The van der Waals surface area contributed by atoms with Gasteiger partial charge in [-0.2, -0.15) is 23.3 Å². The molecule has 0 bridgehead atoms. The Balaban J connectivity index is 2.43. The van der Waals surface area contributed by atoms with Gasteiger partial charge in [-0.1, -0.05) is 24.6 Å². The van der Waals surface area contributed by atoms with Crippen molar-refractivity contribution in [3.05, 3.63) is 34.9 Å². The van der Waals surface area contributed by atoms with Gasteiger partial charge in [0.15, 0.2) is 0 Å². The molecule has 1 N–H and O–H groups in total. The Bertz CT molecular complexity index is 603. The van der Waals surface area contributed by atoms with Crippen molar-refractivity contribution < 1.29 is 23.1 Å². The van der Waals surface area contributed by atoms with E-state index in [0.717, 1.165) is 0 Å². The van der Waals surface area contributed by atoms with Gasteiger partial charge in [0, 0.05) is 22.7 Å². The number of nitrogens with zero attached hydrogens (tertiary/aromatic N) is 2. The number of rotatable bonds is 2. The summed E-state index contributed by atoms with van der Waals surface area (Å²) in [6.45, 7) is 1.60. The fourth-order valence-electron chi connectivity index (χ4n) is 1.99. The smallest absolute Gasteiger partial charge is 0.362 e. The normalized spacial score (nSPS) is 22.4. The van der Waals surface area contributed by atoms with E-state index in [2.05, 4.69) is 5.10 Å². The predicted molar refractivity (Wildman–Crippen MR) is 71.0 cm³/mol. The molecule has 0 aromatic heterocycles. The van der Waals surface area contributed by atoms with Crippen LogP contribution in [-0.2, 0) is 0 Å². The molecule has 1 aliphatic heterocycles. The summed E-state index contributed by atoms with van der Waals surface area (Å²) < 4.78 is 39.4. The quantitative estimate of drug-likeness (QED) is 0.909. The van der Waals surface area contributed by atoms with E-state index >= 15 is 0 Å². The molecule has 0 aliphatic carbocycles. The Kier molecular flexibility index (Phi) is 3.99. The molecule has 0 fully saturated rings. The average Bonchev–Trinajstić information content (AvgIpc) is 2.76. The summed E-state index contributed by atoms with van der Waals surface area (Å²) >= 11 is 5.72. The van der Waals surface area contributed by atoms with Crippen LogP contribution < -0.4 is 0 Å². The molecule has 1 aromatic rings. The molecule has 1 aromatic carbocycles. The fourth-order valence-corrected chi connectivity index (χ4v) is 2.18. The van der Waals surface area contributed by atoms with Crippen LogP contribution in [-0.4, -0.2) is 33.6 Å². The van der Waals surface area contributed by atoms with Crippen molar-refractivity contribution in [2.45, 2.75) is 31.7 Å². The Hall–Kier alpha value is -1.60. The Labute approximate surface area is 123 Å². The summed E-state index contributed by atoms with van der Waals surface area (Å²) in [6.07, 6.45) is -5.56. The highest BCUT2D eigenvalue weighted by molar-refractivity contribution is 6.31. The lowest BCUT2D eigenvalue weighted by atomic mass is 10.0. The summed E-state index contributed by atoms with van der Waals surface area (Å²) in [6, 6.07) is 5.45. The molecule has 1 amide bonds. The lowest BCUT2D eigenvalue weighted by Gasteiger charge is -2.32. The molecule has 0 saturated heterocycles. The summed E-state index contributed by atoms with van der Waals surface area (Å²) in [5.74, 6) is -1.05. The molecule has 4 nitrogen and oxygen atoms in total. The van der Waals surface area contributed by atoms with Crippen LogP contribution in [0.15, 0.2) is 29.4 Å². The summed E-state index contributed by atoms with van der Waals surface area (Å²) in [4.78, 5) is 12.2. The number of carbonyl (C=O) groups excluding carboxylic acids is 1. The zero-order chi connectivity index (χ0) is 15.8. The first kappa shape index (κ1) is 15.8. The van der Waals surface area contributed by atoms with Gasteiger partial charge >= 0.3 is 6.18 Å². The lowest BCUT2D eigenvalue weighted by Crippen LogP contribution is -2.56. The van der Waals surface area contributed by atoms with Crippen molar-refractivity contribution in [2.24, 2.45) is 5.10 Å². The Morgan fingerprint density at radius 3 is 2.71 bits per heavy atom. The number of benzene rings is 1. The number of hydrogen-bond donors (Lipinski definition) is 1. The van der Waals surface area contributed by atoms with Gasteiger partial charge in [-0.15, -0.1) is 0 Å². The van der Waals surface area contributed by atoms with Crippen LogP contribution in [0.1, 0.15) is 30.1 Å². The van der Waals surface area contributed by atoms with Gasteiger partial charge in [-0.05, 0) is 24.6 Å². The van der Waals surface area contributed by atoms with Gasteiger partial charge in [-0.3, -0.25) is 4.79 Å². The molecular formula is C13H12ClF3N2O2. The molecule has 21 heavy (non-hydrogen) atoms. The zero-order valence-electron chi connectivity index (χ0n) is 11.0. The first-order chi connectivity index (χ1) is 9.69. The molecule has 2 rings (SSSR count). The van der Waals surface area contributed by atoms with Gasteiger partial charge in [-0.25, -0.2) is 0 Å². The largest absolute Gasteiger partial charge is 0.438 e. The Morgan fingerprint density at radius 2 is 2.19 bits per heavy atom. The fraction of sp³-hybridized carbons (Fsp3) is 0.385. The van der Waals surface area contributed by atoms with E-state index in [4.69, 9.17) is 11.6 Å². The second-order valence-electron chi connectivity index (χ2n) is 4.64. The highest BCUT2D eigenvalue weighted by Gasteiger charge is 2.63. The van der Waals surface area contributed by atoms with E-state index in [1.165, 1.54) is 24.3 Å². The third-order valence-corrected chi connectivity index (χ3v) is 3.40. The van der Waals surface area contributed by atoms with Crippen LogP contribution in [0, 0.1) is 0 Å². The van der Waals surface area contributed by atoms with E-state index in [0.29, 0.717) is 0 Å². The molecular weight excluding hydrogens is 309 g/mol. The maximum absolute atomic E-state index is 13.1. The second kappa shape index (κ2) is 5.31. The first-order valence-electron chi connectivity index (χ1n) is 6.14. The van der Waals surface area contributed by atoms with Crippen molar-refractivity contribution in [3.8, 4) is 0 Å². The number of hydrazone groups is 1. The summed E-state index contributed by atoms with van der Waals surface area (Å²) in [7, 11) is 0. The maximum atomic E-state index is 13.1. The van der Waals surface area contributed by atoms with Gasteiger partial charge in [0.05, 0.1) is 0 Å². The Morgan fingerprint density at radius 1 is 1.52 bits per heavy atom. The zero-order valence-corrected chi connectivity index (χ0v) is 11.7. The maximum Gasteiger partial charge on any atom is 0.438 e. The molecule has 8 heteroatoms. The van der Waals surface area contributed by atoms with Crippen LogP contribution in [0.5, 0.6) is 0 Å². The van der Waals surface area contributed by atoms with Crippen LogP contribution in [0.25, 0.3) is 0 Å². The topological polar surface area (TPSA) is 52.9 Å². The number of carbonyl (C=O) groups is 1. The van der Waals surface area contributed by atoms with Crippen molar-refractivity contribution in [2.75, 3.05) is 0 Å². The molecule has 1 heterocycles. The second-order valence-corrected chi connectivity index (χ2v) is 5.07. The summed E-state index contributed by atoms with van der Waals surface area (Å²) in [5.41, 5.74) is -3.30. The minimum absolute atomic E-state index is 0.0775. The molecule has 1 atom stereocenters. The average molecular weight is 321 g/mol. The number of hydrogen-bond acceptors (Lipinski definition) is 3. The first-order valence-corrected chi connectivity index (χ1v) is 6.52. The number of aliphatic hydroxyl groups is 1. The van der Waals surface area contributed by atoms with Crippen LogP contribution in [0.4, 0.5) is 13.2 Å². The van der Waals surface area contributed by atoms with Crippen molar-refractivity contribution >= 4 is 23.2 Å². The third kappa shape index (κ3) is 2.75. The minimum atomic E-state index is -5.01. The van der Waals surface area contributed by atoms with Gasteiger partial charge in [0.1, 0.15) is 0 Å². The van der Waals surface area contributed by atoms with Gasteiger partial charge in [0.2, 0.25) is 0 Å². The van der Waals surface area contributed by atoms with Crippen molar-refractivity contribution in [1.82, 2.24) is 5.01 Å². The molecule has 0 unspecified atom stereocenters. The van der Waals surface area contributed by atoms with Crippen molar-refractivity contribution in [1.29, 1.82) is 0 Å². The number of halogens is 4. The van der Waals surface area contributed by atoms with Crippen molar-refractivity contribution in [3.63, 3.8) is 0 Å². The summed E-state index contributed by atoms with van der Waals surface area (Å²) in [5, 5.41) is 13.8. The van der Waals surface area contributed by atoms with Crippen LogP contribution >= 0.6 is 11.6 Å². The highest BCUT2D eigenvalue weighted by atomic mass is 35.5. The molecule has 0 radical (unpaired) electrons. The molecule has 114 valence electrons. The molecule has 1 aliphatic rings. The van der Waals surface area contributed by atoms with Gasteiger partial charge in [0.25, 0.3) is 11.6 Å². The van der Waals surface area contributed by atoms with Gasteiger partial charge < -0.3 is 5.11 Å².